The van der Waals surface area contributed by atoms with Crippen molar-refractivity contribution < 1.29 is 17.6 Å². The van der Waals surface area contributed by atoms with Gasteiger partial charge in [0.05, 0.1) is 10.5 Å². The first kappa shape index (κ1) is 16.6. The van der Waals surface area contributed by atoms with Crippen molar-refractivity contribution in [2.75, 3.05) is 6.54 Å². The maximum absolute atomic E-state index is 13.8. The first-order valence-electron chi connectivity index (χ1n) is 6.24. The van der Waals surface area contributed by atoms with Crippen molar-refractivity contribution in [1.29, 1.82) is 0 Å². The number of hydrogen-bond donors (Lipinski definition) is 2. The summed E-state index contributed by atoms with van der Waals surface area (Å²) in [6.07, 6.45) is 0.751. The summed E-state index contributed by atoms with van der Waals surface area (Å²) in [5.74, 6) is -1.01. The molecule has 1 amide bonds. The van der Waals surface area contributed by atoms with Crippen LogP contribution in [0.25, 0.3) is 0 Å². The molecule has 20 heavy (non-hydrogen) atoms. The van der Waals surface area contributed by atoms with E-state index in [0.717, 1.165) is 18.6 Å². The number of rotatable bonds is 5. The van der Waals surface area contributed by atoms with Gasteiger partial charge in [-0.25, -0.2) is 17.9 Å². The van der Waals surface area contributed by atoms with E-state index in [-0.39, 0.29) is 16.0 Å². The van der Waals surface area contributed by atoms with Crippen LogP contribution in [0.3, 0.4) is 0 Å². The number of aryl methyl sites for hydroxylation is 1. The molecule has 0 aromatic heterocycles. The fourth-order valence-corrected chi connectivity index (χ4v) is 2.49. The predicted molar refractivity (Wildman–Crippen MR) is 74.3 cm³/mol. The summed E-state index contributed by atoms with van der Waals surface area (Å²) in [4.78, 5) is 11.6. The van der Waals surface area contributed by atoms with Crippen LogP contribution < -0.4 is 10.5 Å². The monoisotopic (exact) mass is 302 g/mol. The maximum Gasteiger partial charge on any atom is 0.254 e. The Balaban J connectivity index is 3.04. The average molecular weight is 302 g/mol. The molecule has 1 aromatic rings. The molecular weight excluding hydrogens is 283 g/mol. The Hall–Kier alpha value is -1.47. The molecule has 0 atom stereocenters. The van der Waals surface area contributed by atoms with Gasteiger partial charge >= 0.3 is 0 Å². The van der Waals surface area contributed by atoms with Gasteiger partial charge in [-0.3, -0.25) is 4.79 Å². The standard InChI is InChI=1S/C13H19FN2O3S/c1-8(2)4-5-16-13(17)10-7-12(20(15,18)19)9(3)6-11(10)14/h6-8H,4-5H2,1-3H3,(H,16,17)(H2,15,18,19). The summed E-state index contributed by atoms with van der Waals surface area (Å²) in [5.41, 5.74) is -0.146. The number of carbonyl (C=O) groups is 1. The zero-order chi connectivity index (χ0) is 15.5. The second kappa shape index (κ2) is 6.32. The Morgan fingerprint density at radius 1 is 1.40 bits per heavy atom. The van der Waals surface area contributed by atoms with Crippen LogP contribution in [-0.2, 0) is 10.0 Å². The van der Waals surface area contributed by atoms with Crippen LogP contribution in [0.4, 0.5) is 4.39 Å². The van der Waals surface area contributed by atoms with Crippen molar-refractivity contribution in [3.8, 4) is 0 Å². The largest absolute Gasteiger partial charge is 0.352 e. The van der Waals surface area contributed by atoms with E-state index in [1.807, 2.05) is 13.8 Å². The van der Waals surface area contributed by atoms with Crippen molar-refractivity contribution >= 4 is 15.9 Å². The Kier molecular flexibility index (Phi) is 5.24. The molecule has 7 heteroatoms. The lowest BCUT2D eigenvalue weighted by atomic mass is 10.1. The number of hydrogen-bond acceptors (Lipinski definition) is 3. The van der Waals surface area contributed by atoms with Gasteiger partial charge < -0.3 is 5.32 Å². The SMILES string of the molecule is Cc1cc(F)c(C(=O)NCCC(C)C)cc1S(N)(=O)=O. The van der Waals surface area contributed by atoms with Gasteiger partial charge in [0, 0.05) is 6.54 Å². The number of halogens is 1. The van der Waals surface area contributed by atoms with Gasteiger partial charge in [0.25, 0.3) is 5.91 Å². The number of carbonyl (C=O) groups excluding carboxylic acids is 1. The number of nitrogens with one attached hydrogen (secondary N) is 1. The Morgan fingerprint density at radius 2 is 2.00 bits per heavy atom. The van der Waals surface area contributed by atoms with Crippen molar-refractivity contribution in [1.82, 2.24) is 5.32 Å². The molecule has 0 aliphatic carbocycles. The number of nitrogens with two attached hydrogens (primary N) is 1. The van der Waals surface area contributed by atoms with Gasteiger partial charge in [0.15, 0.2) is 0 Å². The van der Waals surface area contributed by atoms with E-state index in [2.05, 4.69) is 5.32 Å². The van der Waals surface area contributed by atoms with Crippen LogP contribution in [0.15, 0.2) is 17.0 Å². The molecule has 5 nitrogen and oxygen atoms in total. The van der Waals surface area contributed by atoms with Crippen LogP contribution in [0.5, 0.6) is 0 Å². The number of sulfonamides is 1. The molecule has 0 saturated carbocycles. The molecule has 0 radical (unpaired) electrons. The molecule has 0 saturated heterocycles. The van der Waals surface area contributed by atoms with Gasteiger partial charge in [-0.15, -0.1) is 0 Å². The van der Waals surface area contributed by atoms with Crippen LogP contribution in [0.1, 0.15) is 36.2 Å². The Labute approximate surface area is 118 Å². The molecule has 3 N–H and O–H groups in total. The smallest absolute Gasteiger partial charge is 0.254 e. The van der Waals surface area contributed by atoms with Gasteiger partial charge in [-0.1, -0.05) is 13.8 Å². The third-order valence-electron chi connectivity index (χ3n) is 2.82. The van der Waals surface area contributed by atoms with Crippen molar-refractivity contribution in [2.45, 2.75) is 32.1 Å². The number of primary sulfonamides is 1. The fraction of sp³-hybridized carbons (Fsp3) is 0.462. The number of amides is 1. The summed E-state index contributed by atoms with van der Waals surface area (Å²) in [5, 5.41) is 7.59. The highest BCUT2D eigenvalue weighted by atomic mass is 32.2. The molecule has 0 heterocycles. The molecule has 0 aliphatic heterocycles. The van der Waals surface area contributed by atoms with E-state index in [1.54, 1.807) is 0 Å². The Bertz CT molecular complexity index is 612. The molecule has 0 spiro atoms. The maximum atomic E-state index is 13.8. The van der Waals surface area contributed by atoms with Crippen LogP contribution >= 0.6 is 0 Å². The molecule has 0 bridgehead atoms. The molecule has 0 fully saturated rings. The van der Waals surface area contributed by atoms with Gasteiger partial charge in [-0.2, -0.15) is 0 Å². The van der Waals surface area contributed by atoms with Crippen LogP contribution in [0, 0.1) is 18.7 Å². The van der Waals surface area contributed by atoms with E-state index in [0.29, 0.717) is 12.5 Å². The lowest BCUT2D eigenvalue weighted by Gasteiger charge is -2.10. The second-order valence-corrected chi connectivity index (χ2v) is 6.61. The minimum Gasteiger partial charge on any atom is -0.352 e. The highest BCUT2D eigenvalue weighted by Crippen LogP contribution is 2.19. The summed E-state index contributed by atoms with van der Waals surface area (Å²) in [7, 11) is -3.99. The summed E-state index contributed by atoms with van der Waals surface area (Å²) in [6, 6.07) is 1.97. The van der Waals surface area contributed by atoms with E-state index < -0.39 is 21.7 Å². The third-order valence-corrected chi connectivity index (χ3v) is 3.88. The average Bonchev–Trinajstić information content (AvgIpc) is 2.26. The lowest BCUT2D eigenvalue weighted by molar-refractivity contribution is 0.0947. The Morgan fingerprint density at radius 3 is 2.50 bits per heavy atom. The van der Waals surface area contributed by atoms with Gasteiger partial charge in [-0.05, 0) is 37.0 Å². The van der Waals surface area contributed by atoms with E-state index in [4.69, 9.17) is 5.14 Å². The topological polar surface area (TPSA) is 89.3 Å². The first-order chi connectivity index (χ1) is 9.12. The first-order valence-corrected chi connectivity index (χ1v) is 7.78. The summed E-state index contributed by atoms with van der Waals surface area (Å²) >= 11 is 0. The third kappa shape index (κ3) is 4.28. The minimum absolute atomic E-state index is 0.170. The van der Waals surface area contributed by atoms with Gasteiger partial charge in [0.1, 0.15) is 5.82 Å². The summed E-state index contributed by atoms with van der Waals surface area (Å²) < 4.78 is 36.5. The van der Waals surface area contributed by atoms with E-state index in [1.165, 1.54) is 6.92 Å². The normalized spacial score (nSPS) is 11.7. The molecule has 0 aliphatic rings. The zero-order valence-corrected chi connectivity index (χ0v) is 12.6. The van der Waals surface area contributed by atoms with Crippen molar-refractivity contribution in [3.05, 3.63) is 29.1 Å². The van der Waals surface area contributed by atoms with Crippen LogP contribution in [-0.4, -0.2) is 20.9 Å². The molecule has 1 aromatic carbocycles. The highest BCUT2D eigenvalue weighted by molar-refractivity contribution is 7.89. The van der Waals surface area contributed by atoms with Crippen molar-refractivity contribution in [3.63, 3.8) is 0 Å². The van der Waals surface area contributed by atoms with E-state index >= 15 is 0 Å². The molecule has 112 valence electrons. The van der Waals surface area contributed by atoms with E-state index in [9.17, 15) is 17.6 Å². The minimum atomic E-state index is -3.99. The molecule has 0 unspecified atom stereocenters. The molecular formula is C13H19FN2O3S. The van der Waals surface area contributed by atoms with Gasteiger partial charge in [0.2, 0.25) is 10.0 Å². The molecule has 1 rings (SSSR count). The van der Waals surface area contributed by atoms with Crippen LogP contribution in [0.2, 0.25) is 0 Å². The van der Waals surface area contributed by atoms with Crippen molar-refractivity contribution in [2.24, 2.45) is 11.1 Å². The lowest BCUT2D eigenvalue weighted by Crippen LogP contribution is -2.27. The highest BCUT2D eigenvalue weighted by Gasteiger charge is 2.19. The second-order valence-electron chi connectivity index (χ2n) is 5.08. The fourth-order valence-electron chi connectivity index (χ4n) is 1.70. The predicted octanol–water partition coefficient (Wildman–Crippen LogP) is 1.56. The summed E-state index contributed by atoms with van der Waals surface area (Å²) in [6.45, 7) is 5.81. The zero-order valence-electron chi connectivity index (χ0n) is 11.7. The number of benzene rings is 1. The quantitative estimate of drug-likeness (QED) is 0.865.